The van der Waals surface area contributed by atoms with Crippen molar-refractivity contribution in [2.24, 2.45) is 17.8 Å². The van der Waals surface area contributed by atoms with Crippen LogP contribution >= 0.6 is 0 Å². The molecule has 0 aromatic heterocycles. The fraction of sp³-hybridized carbons (Fsp3) is 1.00. The molecule has 0 aromatic rings. The topological polar surface area (TPSA) is 32.3 Å². The zero-order valence-corrected chi connectivity index (χ0v) is 10.3. The lowest BCUT2D eigenvalue weighted by Gasteiger charge is -2.29. The molecular weight excluding hydrogens is 186 g/mol. The quantitative estimate of drug-likeness (QED) is 0.710. The number of aliphatic hydroxyl groups excluding tert-OH is 1. The highest BCUT2D eigenvalue weighted by Gasteiger charge is 2.20. The van der Waals surface area contributed by atoms with Crippen molar-refractivity contribution in [3.63, 3.8) is 0 Å². The summed E-state index contributed by atoms with van der Waals surface area (Å²) in [6.45, 7) is 7.15. The van der Waals surface area contributed by atoms with Gasteiger partial charge in [-0.3, -0.25) is 0 Å². The van der Waals surface area contributed by atoms with E-state index in [0.29, 0.717) is 12.5 Å². The van der Waals surface area contributed by atoms with E-state index in [1.807, 2.05) is 0 Å². The Morgan fingerprint density at radius 3 is 2.73 bits per heavy atom. The lowest BCUT2D eigenvalue weighted by atomic mass is 9.80. The molecule has 0 radical (unpaired) electrons. The maximum Gasteiger partial charge on any atom is 0.0434 e. The number of hydrogen-bond donors (Lipinski definition) is 2. The molecule has 1 fully saturated rings. The third-order valence-corrected chi connectivity index (χ3v) is 3.81. The Morgan fingerprint density at radius 1 is 1.33 bits per heavy atom. The van der Waals surface area contributed by atoms with Crippen LogP contribution in [0.4, 0.5) is 0 Å². The summed E-state index contributed by atoms with van der Waals surface area (Å²) in [5, 5.41) is 12.4. The van der Waals surface area contributed by atoms with Crippen molar-refractivity contribution in [1.29, 1.82) is 0 Å². The monoisotopic (exact) mass is 213 g/mol. The summed E-state index contributed by atoms with van der Waals surface area (Å²) in [7, 11) is 0. The molecule has 0 aliphatic heterocycles. The number of aliphatic hydroxyl groups is 1. The molecule has 1 saturated carbocycles. The molecule has 2 nitrogen and oxygen atoms in total. The van der Waals surface area contributed by atoms with E-state index in [4.69, 9.17) is 5.11 Å². The highest BCUT2D eigenvalue weighted by Crippen LogP contribution is 2.28. The third kappa shape index (κ3) is 4.98. The fourth-order valence-corrected chi connectivity index (χ4v) is 2.53. The van der Waals surface area contributed by atoms with Crippen molar-refractivity contribution in [1.82, 2.24) is 5.32 Å². The number of hydrogen-bond acceptors (Lipinski definition) is 2. The van der Waals surface area contributed by atoms with E-state index in [1.165, 1.54) is 32.2 Å². The summed E-state index contributed by atoms with van der Waals surface area (Å²) >= 11 is 0. The molecule has 90 valence electrons. The minimum Gasteiger partial charge on any atom is -0.396 e. The number of nitrogens with one attached hydrogen (secondary N) is 1. The zero-order valence-electron chi connectivity index (χ0n) is 10.3. The molecule has 2 N–H and O–H groups in total. The van der Waals surface area contributed by atoms with Gasteiger partial charge in [-0.1, -0.05) is 33.1 Å². The Balaban J connectivity index is 2.08. The SMILES string of the molecule is C[C@H](CCO)CNC[C@H]1CCCC[C@@H]1C. The summed E-state index contributed by atoms with van der Waals surface area (Å²) in [6, 6.07) is 0. The average molecular weight is 213 g/mol. The minimum absolute atomic E-state index is 0.322. The van der Waals surface area contributed by atoms with Gasteiger partial charge in [0.15, 0.2) is 0 Å². The molecule has 0 saturated heterocycles. The van der Waals surface area contributed by atoms with Crippen LogP contribution in [-0.2, 0) is 0 Å². The molecule has 1 rings (SSSR count). The lowest BCUT2D eigenvalue weighted by molar-refractivity contribution is 0.235. The normalized spacial score (nSPS) is 29.0. The van der Waals surface area contributed by atoms with Crippen LogP contribution in [0, 0.1) is 17.8 Å². The van der Waals surface area contributed by atoms with Crippen molar-refractivity contribution in [3.8, 4) is 0 Å². The van der Waals surface area contributed by atoms with Crippen molar-refractivity contribution < 1.29 is 5.11 Å². The van der Waals surface area contributed by atoms with Gasteiger partial charge in [-0.2, -0.15) is 0 Å². The molecule has 3 atom stereocenters. The Hall–Kier alpha value is -0.0800. The van der Waals surface area contributed by atoms with Crippen LogP contribution < -0.4 is 5.32 Å². The van der Waals surface area contributed by atoms with Crippen LogP contribution in [0.15, 0.2) is 0 Å². The van der Waals surface area contributed by atoms with E-state index in [2.05, 4.69) is 19.2 Å². The van der Waals surface area contributed by atoms with Crippen LogP contribution in [0.3, 0.4) is 0 Å². The summed E-state index contributed by atoms with van der Waals surface area (Å²) in [6.07, 6.45) is 6.59. The highest BCUT2D eigenvalue weighted by molar-refractivity contribution is 4.74. The van der Waals surface area contributed by atoms with E-state index >= 15 is 0 Å². The van der Waals surface area contributed by atoms with E-state index < -0.39 is 0 Å². The van der Waals surface area contributed by atoms with Crippen LogP contribution in [-0.4, -0.2) is 24.8 Å². The molecule has 0 amide bonds. The highest BCUT2D eigenvalue weighted by atomic mass is 16.3. The molecule has 15 heavy (non-hydrogen) atoms. The predicted molar refractivity (Wildman–Crippen MR) is 64.9 cm³/mol. The molecule has 0 spiro atoms. The molecule has 1 aliphatic rings. The van der Waals surface area contributed by atoms with Gasteiger partial charge in [0, 0.05) is 6.61 Å². The molecule has 1 aliphatic carbocycles. The van der Waals surface area contributed by atoms with E-state index in [1.54, 1.807) is 0 Å². The zero-order chi connectivity index (χ0) is 11.1. The predicted octanol–water partition coefficient (Wildman–Crippen LogP) is 2.42. The number of rotatable bonds is 6. The van der Waals surface area contributed by atoms with Gasteiger partial charge in [0.2, 0.25) is 0 Å². The summed E-state index contributed by atoms with van der Waals surface area (Å²) < 4.78 is 0. The molecule has 2 heteroatoms. The maximum atomic E-state index is 8.80. The molecule has 0 aromatic carbocycles. The van der Waals surface area contributed by atoms with Crippen molar-refractivity contribution in [2.75, 3.05) is 19.7 Å². The van der Waals surface area contributed by atoms with Crippen LogP contribution in [0.1, 0.15) is 46.0 Å². The lowest BCUT2D eigenvalue weighted by Crippen LogP contribution is -2.32. The Bertz CT molecular complexity index is 161. The fourth-order valence-electron chi connectivity index (χ4n) is 2.53. The second kappa shape index (κ2) is 7.24. The minimum atomic E-state index is 0.322. The summed E-state index contributed by atoms with van der Waals surface area (Å²) in [5.41, 5.74) is 0. The van der Waals surface area contributed by atoms with E-state index in [0.717, 1.165) is 24.8 Å². The largest absolute Gasteiger partial charge is 0.396 e. The first-order chi connectivity index (χ1) is 7.24. The third-order valence-electron chi connectivity index (χ3n) is 3.81. The van der Waals surface area contributed by atoms with E-state index in [9.17, 15) is 0 Å². The second-order valence-corrected chi connectivity index (χ2v) is 5.30. The Kier molecular flexibility index (Phi) is 6.26. The van der Waals surface area contributed by atoms with Gasteiger partial charge in [-0.15, -0.1) is 0 Å². The van der Waals surface area contributed by atoms with Gasteiger partial charge in [0.1, 0.15) is 0 Å². The Labute approximate surface area is 94.5 Å². The first kappa shape index (κ1) is 13.0. The summed E-state index contributed by atoms with van der Waals surface area (Å²) in [5.74, 6) is 2.40. The van der Waals surface area contributed by atoms with Crippen molar-refractivity contribution in [3.05, 3.63) is 0 Å². The van der Waals surface area contributed by atoms with Crippen LogP contribution in [0.5, 0.6) is 0 Å². The second-order valence-electron chi connectivity index (χ2n) is 5.30. The average Bonchev–Trinajstić information content (AvgIpc) is 2.21. The van der Waals surface area contributed by atoms with Crippen LogP contribution in [0.2, 0.25) is 0 Å². The molecule has 0 heterocycles. The van der Waals surface area contributed by atoms with Gasteiger partial charge in [0.05, 0.1) is 0 Å². The van der Waals surface area contributed by atoms with Crippen molar-refractivity contribution in [2.45, 2.75) is 46.0 Å². The van der Waals surface area contributed by atoms with Crippen molar-refractivity contribution >= 4 is 0 Å². The summed E-state index contributed by atoms with van der Waals surface area (Å²) in [4.78, 5) is 0. The molecule has 0 bridgehead atoms. The first-order valence-corrected chi connectivity index (χ1v) is 6.55. The standard InChI is InChI=1S/C13H27NO/c1-11(7-8-15)9-14-10-13-6-4-3-5-12(13)2/h11-15H,3-10H2,1-2H3/t11-,12+,13-/m1/s1. The first-order valence-electron chi connectivity index (χ1n) is 6.55. The van der Waals surface area contributed by atoms with Crippen LogP contribution in [0.25, 0.3) is 0 Å². The van der Waals surface area contributed by atoms with Gasteiger partial charge in [0.25, 0.3) is 0 Å². The van der Waals surface area contributed by atoms with E-state index in [-0.39, 0.29) is 0 Å². The van der Waals surface area contributed by atoms with Gasteiger partial charge in [-0.25, -0.2) is 0 Å². The molecular formula is C13H27NO. The Morgan fingerprint density at radius 2 is 2.07 bits per heavy atom. The van der Waals surface area contributed by atoms with Gasteiger partial charge in [-0.05, 0) is 43.7 Å². The van der Waals surface area contributed by atoms with Gasteiger partial charge >= 0.3 is 0 Å². The molecule has 0 unspecified atom stereocenters. The smallest absolute Gasteiger partial charge is 0.0434 e. The maximum absolute atomic E-state index is 8.80. The van der Waals surface area contributed by atoms with Gasteiger partial charge < -0.3 is 10.4 Å².